The van der Waals surface area contributed by atoms with Crippen molar-refractivity contribution in [2.24, 2.45) is 11.0 Å². The number of halogens is 3. The molecule has 1 amide bonds. The fourth-order valence-corrected chi connectivity index (χ4v) is 4.24. The molecule has 0 aliphatic carbocycles. The molecule has 7 heteroatoms. The average Bonchev–Trinajstić information content (AvgIpc) is 2.60. The maximum absolute atomic E-state index is 12.9. The van der Waals surface area contributed by atoms with E-state index >= 15 is 0 Å². The van der Waals surface area contributed by atoms with Crippen molar-refractivity contribution in [1.29, 1.82) is 0 Å². The Bertz CT molecular complexity index is 864. The van der Waals surface area contributed by atoms with E-state index in [9.17, 15) is 18.0 Å². The molecule has 3 nitrogen and oxygen atoms in total. The van der Waals surface area contributed by atoms with Crippen molar-refractivity contribution >= 4 is 29.1 Å². The predicted molar refractivity (Wildman–Crippen MR) is 90.7 cm³/mol. The number of carbonyl (C=O) groups is 1. The van der Waals surface area contributed by atoms with Crippen molar-refractivity contribution in [3.8, 4) is 0 Å². The molecule has 2 heterocycles. The third-order valence-corrected chi connectivity index (χ3v) is 5.50. The molecular formula is C18H13F3N2OS. The number of carbonyl (C=O) groups excluding carboxylic acids is 1. The lowest BCUT2D eigenvalue weighted by Crippen LogP contribution is -2.39. The van der Waals surface area contributed by atoms with Crippen molar-refractivity contribution in [3.05, 3.63) is 59.7 Å². The lowest BCUT2D eigenvalue weighted by atomic mass is 9.92. The number of hydrogen-bond acceptors (Lipinski definition) is 3. The fraction of sp³-hybridized carbons (Fsp3) is 0.222. The first kappa shape index (κ1) is 16.2. The number of thioether (sulfide) groups is 1. The second-order valence-electron chi connectivity index (χ2n) is 5.95. The van der Waals surface area contributed by atoms with Crippen molar-refractivity contribution in [3.63, 3.8) is 0 Å². The zero-order chi connectivity index (χ0) is 17.6. The first-order chi connectivity index (χ1) is 11.9. The minimum atomic E-state index is -4.37. The van der Waals surface area contributed by atoms with Crippen molar-refractivity contribution in [1.82, 2.24) is 0 Å². The van der Waals surface area contributed by atoms with E-state index in [1.54, 1.807) is 12.1 Å². The standard InChI is InChI=1S/C18H13F3N2OS/c19-18(20,21)12-6-7-14-15(9-12)25-10-11-8-16(24)23(22-17(11)14)13-4-2-1-3-5-13/h1-7,9,11H,8,10H2. The Morgan fingerprint density at radius 1 is 1.12 bits per heavy atom. The fourth-order valence-electron chi connectivity index (χ4n) is 3.04. The van der Waals surface area contributed by atoms with Crippen molar-refractivity contribution < 1.29 is 18.0 Å². The Morgan fingerprint density at radius 3 is 2.60 bits per heavy atom. The Kier molecular flexibility index (Phi) is 3.83. The summed E-state index contributed by atoms with van der Waals surface area (Å²) < 4.78 is 38.8. The summed E-state index contributed by atoms with van der Waals surface area (Å²) in [6, 6.07) is 12.8. The van der Waals surface area contributed by atoms with E-state index in [-0.39, 0.29) is 11.8 Å². The van der Waals surface area contributed by atoms with Gasteiger partial charge in [0.25, 0.3) is 0 Å². The van der Waals surface area contributed by atoms with Crippen LogP contribution in [-0.4, -0.2) is 17.4 Å². The van der Waals surface area contributed by atoms with E-state index < -0.39 is 11.7 Å². The Morgan fingerprint density at radius 2 is 1.88 bits per heavy atom. The second kappa shape index (κ2) is 5.91. The van der Waals surface area contributed by atoms with E-state index in [0.717, 1.165) is 6.07 Å². The maximum Gasteiger partial charge on any atom is 0.416 e. The van der Waals surface area contributed by atoms with E-state index in [0.29, 0.717) is 34.0 Å². The number of para-hydroxylation sites is 1. The summed E-state index contributed by atoms with van der Waals surface area (Å²) in [6.45, 7) is 0. The molecule has 2 aliphatic heterocycles. The molecule has 128 valence electrons. The zero-order valence-electron chi connectivity index (χ0n) is 13.0. The summed E-state index contributed by atoms with van der Waals surface area (Å²) >= 11 is 1.35. The largest absolute Gasteiger partial charge is 0.416 e. The van der Waals surface area contributed by atoms with Crippen LogP contribution in [0.4, 0.5) is 18.9 Å². The summed E-state index contributed by atoms with van der Waals surface area (Å²) in [7, 11) is 0. The van der Waals surface area contributed by atoms with Crippen molar-refractivity contribution in [2.75, 3.05) is 10.8 Å². The SMILES string of the molecule is O=C1CC2CSc3cc(C(F)(F)F)ccc3C2=NN1c1ccccc1. The highest BCUT2D eigenvalue weighted by Gasteiger charge is 2.37. The average molecular weight is 362 g/mol. The normalized spacial score (nSPS) is 20.0. The van der Waals surface area contributed by atoms with Crippen LogP contribution in [-0.2, 0) is 11.0 Å². The molecule has 1 unspecified atom stereocenters. The Labute approximate surface area is 146 Å². The predicted octanol–water partition coefficient (Wildman–Crippen LogP) is 4.57. The van der Waals surface area contributed by atoms with Crippen LogP contribution in [0.15, 0.2) is 58.5 Å². The molecular weight excluding hydrogens is 349 g/mol. The number of nitrogens with zero attached hydrogens (tertiary/aromatic N) is 2. The van der Waals surface area contributed by atoms with Gasteiger partial charge in [0.15, 0.2) is 0 Å². The summed E-state index contributed by atoms with van der Waals surface area (Å²) in [5.74, 6) is 0.388. The van der Waals surface area contributed by atoms with Crippen LogP contribution in [0.1, 0.15) is 17.5 Å². The number of rotatable bonds is 1. The summed E-state index contributed by atoms with van der Waals surface area (Å²) in [5.41, 5.74) is 1.36. The maximum atomic E-state index is 12.9. The lowest BCUT2D eigenvalue weighted by Gasteiger charge is -2.33. The smallest absolute Gasteiger partial charge is 0.273 e. The van der Waals surface area contributed by atoms with Gasteiger partial charge < -0.3 is 0 Å². The number of hydrazone groups is 1. The highest BCUT2D eigenvalue weighted by molar-refractivity contribution is 7.99. The molecule has 2 aromatic carbocycles. The minimum Gasteiger partial charge on any atom is -0.273 e. The van der Waals surface area contributed by atoms with Gasteiger partial charge in [-0.1, -0.05) is 24.3 Å². The molecule has 0 fully saturated rings. The highest BCUT2D eigenvalue weighted by Crippen LogP contribution is 2.40. The van der Waals surface area contributed by atoms with E-state index in [1.165, 1.54) is 28.9 Å². The molecule has 4 rings (SSSR count). The number of amides is 1. The van der Waals surface area contributed by atoms with E-state index in [2.05, 4.69) is 5.10 Å². The van der Waals surface area contributed by atoms with Gasteiger partial charge in [0.2, 0.25) is 5.91 Å². The van der Waals surface area contributed by atoms with Crippen LogP contribution in [0.2, 0.25) is 0 Å². The van der Waals surface area contributed by atoms with Crippen LogP contribution >= 0.6 is 11.8 Å². The molecule has 0 N–H and O–H groups in total. The van der Waals surface area contributed by atoms with Crippen LogP contribution in [0, 0.1) is 5.92 Å². The summed E-state index contributed by atoms with van der Waals surface area (Å²) in [4.78, 5) is 13.0. The number of alkyl halides is 3. The molecule has 2 aromatic rings. The topological polar surface area (TPSA) is 32.7 Å². The van der Waals surface area contributed by atoms with Gasteiger partial charge in [0, 0.05) is 28.6 Å². The summed E-state index contributed by atoms with van der Waals surface area (Å²) in [5, 5.41) is 5.84. The third-order valence-electron chi connectivity index (χ3n) is 4.28. The van der Waals surface area contributed by atoms with Gasteiger partial charge in [-0.3, -0.25) is 4.79 Å². The van der Waals surface area contributed by atoms with Crippen molar-refractivity contribution in [2.45, 2.75) is 17.5 Å². The molecule has 0 saturated heterocycles. The monoisotopic (exact) mass is 362 g/mol. The van der Waals surface area contributed by atoms with Gasteiger partial charge in [-0.15, -0.1) is 11.8 Å². The molecule has 25 heavy (non-hydrogen) atoms. The second-order valence-corrected chi connectivity index (χ2v) is 7.01. The number of anilines is 1. The third kappa shape index (κ3) is 2.93. The molecule has 0 spiro atoms. The van der Waals surface area contributed by atoms with Gasteiger partial charge in [-0.05, 0) is 24.3 Å². The van der Waals surface area contributed by atoms with Crippen LogP contribution in [0.5, 0.6) is 0 Å². The lowest BCUT2D eigenvalue weighted by molar-refractivity contribution is -0.137. The molecule has 2 aliphatic rings. The molecule has 0 aromatic heterocycles. The molecule has 0 saturated carbocycles. The highest BCUT2D eigenvalue weighted by atomic mass is 32.2. The van der Waals surface area contributed by atoms with E-state index in [4.69, 9.17) is 0 Å². The number of fused-ring (bicyclic) bond motifs is 3. The number of hydrogen-bond donors (Lipinski definition) is 0. The van der Waals surface area contributed by atoms with Gasteiger partial charge in [0.1, 0.15) is 0 Å². The van der Waals surface area contributed by atoms with Crippen LogP contribution in [0.3, 0.4) is 0 Å². The first-order valence-electron chi connectivity index (χ1n) is 7.74. The molecule has 0 radical (unpaired) electrons. The van der Waals surface area contributed by atoms with Gasteiger partial charge >= 0.3 is 6.18 Å². The van der Waals surface area contributed by atoms with Gasteiger partial charge in [-0.25, -0.2) is 5.01 Å². The molecule has 1 atom stereocenters. The van der Waals surface area contributed by atoms with Gasteiger partial charge in [0.05, 0.1) is 17.0 Å². The Balaban J connectivity index is 1.78. The van der Waals surface area contributed by atoms with Gasteiger partial charge in [-0.2, -0.15) is 18.3 Å². The minimum absolute atomic E-state index is 0.0679. The van der Waals surface area contributed by atoms with Crippen LogP contribution in [0.25, 0.3) is 0 Å². The number of benzene rings is 2. The van der Waals surface area contributed by atoms with Crippen LogP contribution < -0.4 is 5.01 Å². The summed E-state index contributed by atoms with van der Waals surface area (Å²) in [6.07, 6.45) is -4.06. The first-order valence-corrected chi connectivity index (χ1v) is 8.73. The van der Waals surface area contributed by atoms with E-state index in [1.807, 2.05) is 18.2 Å². The zero-order valence-corrected chi connectivity index (χ0v) is 13.8. The Hall–Kier alpha value is -2.28. The quantitative estimate of drug-likeness (QED) is 0.745. The molecule has 0 bridgehead atoms.